The average Bonchev–Trinajstić information content (AvgIpc) is 2.65. The molecular formula is C21H30N2O. The van der Waals surface area contributed by atoms with Gasteiger partial charge >= 0.3 is 0 Å². The molecule has 1 N–H and O–H groups in total. The molecule has 2 aromatic rings. The van der Waals surface area contributed by atoms with Gasteiger partial charge in [0.1, 0.15) is 5.75 Å². The van der Waals surface area contributed by atoms with Crippen molar-refractivity contribution in [3.05, 3.63) is 42.0 Å². The Kier molecular flexibility index (Phi) is 6.11. The zero-order valence-corrected chi connectivity index (χ0v) is 15.1. The number of ether oxygens (including phenoxy) is 1. The van der Waals surface area contributed by atoms with Gasteiger partial charge < -0.3 is 10.1 Å². The van der Waals surface area contributed by atoms with Crippen molar-refractivity contribution in [2.75, 3.05) is 33.3 Å². The highest BCUT2D eigenvalue weighted by atomic mass is 16.5. The van der Waals surface area contributed by atoms with E-state index in [2.05, 4.69) is 53.5 Å². The molecule has 0 radical (unpaired) electrons. The molecule has 0 aliphatic carbocycles. The Hall–Kier alpha value is -1.58. The van der Waals surface area contributed by atoms with E-state index in [1.165, 1.54) is 42.0 Å². The van der Waals surface area contributed by atoms with Crippen molar-refractivity contribution in [2.45, 2.75) is 38.6 Å². The first-order valence-corrected chi connectivity index (χ1v) is 9.35. The van der Waals surface area contributed by atoms with Gasteiger partial charge in [-0.05, 0) is 23.4 Å². The van der Waals surface area contributed by atoms with Gasteiger partial charge in [-0.3, -0.25) is 4.90 Å². The van der Waals surface area contributed by atoms with Crippen LogP contribution in [0.3, 0.4) is 0 Å². The van der Waals surface area contributed by atoms with Gasteiger partial charge in [-0.15, -0.1) is 0 Å². The van der Waals surface area contributed by atoms with Gasteiger partial charge in [-0.1, -0.05) is 56.5 Å². The molecule has 0 bridgehead atoms. The molecule has 1 aliphatic heterocycles. The summed E-state index contributed by atoms with van der Waals surface area (Å²) in [5.74, 6) is 0.974. The molecule has 24 heavy (non-hydrogen) atoms. The fourth-order valence-electron chi connectivity index (χ4n) is 3.88. The van der Waals surface area contributed by atoms with Crippen molar-refractivity contribution in [3.8, 4) is 5.75 Å². The van der Waals surface area contributed by atoms with Crippen LogP contribution in [0.15, 0.2) is 36.4 Å². The molecule has 0 amide bonds. The van der Waals surface area contributed by atoms with Gasteiger partial charge in [-0.2, -0.15) is 0 Å². The number of methoxy groups -OCH3 is 1. The quantitative estimate of drug-likeness (QED) is 0.764. The highest BCUT2D eigenvalue weighted by molar-refractivity contribution is 5.91. The van der Waals surface area contributed by atoms with E-state index in [1.54, 1.807) is 7.11 Å². The minimum absolute atomic E-state index is 0.509. The molecule has 1 heterocycles. The number of nitrogens with one attached hydrogen (secondary N) is 1. The highest BCUT2D eigenvalue weighted by Crippen LogP contribution is 2.36. The number of nitrogens with zero attached hydrogens (tertiary/aromatic N) is 1. The van der Waals surface area contributed by atoms with Crippen molar-refractivity contribution >= 4 is 10.8 Å². The summed E-state index contributed by atoms with van der Waals surface area (Å²) >= 11 is 0. The summed E-state index contributed by atoms with van der Waals surface area (Å²) in [4.78, 5) is 2.67. The molecule has 3 heteroatoms. The predicted molar refractivity (Wildman–Crippen MR) is 102 cm³/mol. The van der Waals surface area contributed by atoms with E-state index in [4.69, 9.17) is 4.74 Å². The summed E-state index contributed by atoms with van der Waals surface area (Å²) in [6.07, 6.45) is 5.13. The first-order valence-electron chi connectivity index (χ1n) is 9.35. The van der Waals surface area contributed by atoms with Crippen LogP contribution in [0, 0.1) is 0 Å². The Bertz CT molecular complexity index is 649. The molecule has 1 aliphatic rings. The highest BCUT2D eigenvalue weighted by Gasteiger charge is 2.23. The van der Waals surface area contributed by atoms with Crippen molar-refractivity contribution in [1.29, 1.82) is 0 Å². The zero-order valence-electron chi connectivity index (χ0n) is 15.1. The number of rotatable bonds is 7. The van der Waals surface area contributed by atoms with Crippen LogP contribution in [-0.2, 0) is 0 Å². The smallest absolute Gasteiger partial charge is 0.126 e. The number of piperazine rings is 1. The Balaban J connectivity index is 1.98. The first-order chi connectivity index (χ1) is 11.8. The summed E-state index contributed by atoms with van der Waals surface area (Å²) in [6.45, 7) is 6.74. The molecule has 3 rings (SSSR count). The van der Waals surface area contributed by atoms with Crippen LogP contribution in [-0.4, -0.2) is 38.2 Å². The fraction of sp³-hybridized carbons (Fsp3) is 0.524. The van der Waals surface area contributed by atoms with E-state index in [1.807, 2.05) is 0 Å². The van der Waals surface area contributed by atoms with Crippen LogP contribution in [0.1, 0.15) is 44.2 Å². The molecule has 1 atom stereocenters. The van der Waals surface area contributed by atoms with E-state index in [0.717, 1.165) is 31.9 Å². The van der Waals surface area contributed by atoms with Gasteiger partial charge in [0.05, 0.1) is 7.11 Å². The van der Waals surface area contributed by atoms with Crippen LogP contribution >= 0.6 is 0 Å². The number of unbranched alkanes of at least 4 members (excludes halogenated alkanes) is 2. The molecule has 0 unspecified atom stereocenters. The standard InChI is InChI=1S/C21H30N2O/c1-3-4-5-10-20(23-15-13-22-14-16-23)18-11-12-21(24-2)19-9-7-6-8-17(18)19/h6-9,11-12,20,22H,3-5,10,13-16H2,1-2H3/t20-/m1/s1. The predicted octanol–water partition coefficient (Wildman–Crippen LogP) is 4.38. The molecule has 1 fully saturated rings. The van der Waals surface area contributed by atoms with Crippen molar-refractivity contribution in [3.63, 3.8) is 0 Å². The third-order valence-electron chi connectivity index (χ3n) is 5.17. The normalized spacial score (nSPS) is 17.1. The molecule has 2 aromatic carbocycles. The van der Waals surface area contributed by atoms with Gasteiger partial charge in [0.15, 0.2) is 0 Å². The van der Waals surface area contributed by atoms with Crippen LogP contribution in [0.2, 0.25) is 0 Å². The number of hydrogen-bond acceptors (Lipinski definition) is 3. The van der Waals surface area contributed by atoms with E-state index in [9.17, 15) is 0 Å². The summed E-state index contributed by atoms with van der Waals surface area (Å²) in [6, 6.07) is 13.6. The summed E-state index contributed by atoms with van der Waals surface area (Å²) in [5.41, 5.74) is 1.46. The van der Waals surface area contributed by atoms with Gasteiger partial charge in [-0.25, -0.2) is 0 Å². The van der Waals surface area contributed by atoms with E-state index in [0.29, 0.717) is 6.04 Å². The van der Waals surface area contributed by atoms with E-state index >= 15 is 0 Å². The van der Waals surface area contributed by atoms with Gasteiger partial charge in [0, 0.05) is 37.6 Å². The number of hydrogen-bond donors (Lipinski definition) is 1. The second-order valence-electron chi connectivity index (χ2n) is 6.70. The van der Waals surface area contributed by atoms with Crippen LogP contribution < -0.4 is 10.1 Å². The fourth-order valence-corrected chi connectivity index (χ4v) is 3.88. The third kappa shape index (κ3) is 3.73. The molecular weight excluding hydrogens is 296 g/mol. The monoisotopic (exact) mass is 326 g/mol. The minimum atomic E-state index is 0.509. The SMILES string of the molecule is CCCCC[C@H](c1ccc(OC)c2ccccc12)N1CCNCC1. The number of fused-ring (bicyclic) bond motifs is 1. The van der Waals surface area contributed by atoms with Crippen molar-refractivity contribution in [2.24, 2.45) is 0 Å². The maximum Gasteiger partial charge on any atom is 0.126 e. The molecule has 3 nitrogen and oxygen atoms in total. The third-order valence-corrected chi connectivity index (χ3v) is 5.17. The second kappa shape index (κ2) is 8.50. The van der Waals surface area contributed by atoms with E-state index in [-0.39, 0.29) is 0 Å². The lowest BCUT2D eigenvalue weighted by Gasteiger charge is -2.36. The minimum Gasteiger partial charge on any atom is -0.496 e. The van der Waals surface area contributed by atoms with Crippen LogP contribution in [0.4, 0.5) is 0 Å². The summed E-state index contributed by atoms with van der Waals surface area (Å²) < 4.78 is 5.58. The van der Waals surface area contributed by atoms with E-state index < -0.39 is 0 Å². The molecule has 0 saturated carbocycles. The van der Waals surface area contributed by atoms with Gasteiger partial charge in [0.2, 0.25) is 0 Å². The van der Waals surface area contributed by atoms with Crippen molar-refractivity contribution in [1.82, 2.24) is 10.2 Å². The summed E-state index contributed by atoms with van der Waals surface area (Å²) in [7, 11) is 1.76. The molecule has 0 spiro atoms. The molecule has 0 aromatic heterocycles. The Morgan fingerprint density at radius 3 is 2.50 bits per heavy atom. The Morgan fingerprint density at radius 1 is 1.04 bits per heavy atom. The molecule has 130 valence electrons. The second-order valence-corrected chi connectivity index (χ2v) is 6.70. The lowest BCUT2D eigenvalue weighted by Crippen LogP contribution is -2.45. The first kappa shape index (κ1) is 17.2. The lowest BCUT2D eigenvalue weighted by molar-refractivity contribution is 0.163. The van der Waals surface area contributed by atoms with Crippen LogP contribution in [0.25, 0.3) is 10.8 Å². The number of benzene rings is 2. The lowest BCUT2D eigenvalue weighted by atomic mass is 9.93. The van der Waals surface area contributed by atoms with Gasteiger partial charge in [0.25, 0.3) is 0 Å². The maximum atomic E-state index is 5.58. The Morgan fingerprint density at radius 2 is 1.79 bits per heavy atom. The Labute approximate surface area is 146 Å². The topological polar surface area (TPSA) is 24.5 Å². The maximum absolute atomic E-state index is 5.58. The van der Waals surface area contributed by atoms with Crippen LogP contribution in [0.5, 0.6) is 5.75 Å². The summed E-state index contributed by atoms with van der Waals surface area (Å²) in [5, 5.41) is 6.06. The largest absolute Gasteiger partial charge is 0.496 e. The average molecular weight is 326 g/mol. The molecule has 1 saturated heterocycles. The zero-order chi connectivity index (χ0) is 16.8. The van der Waals surface area contributed by atoms with Crippen molar-refractivity contribution < 1.29 is 4.74 Å².